The summed E-state index contributed by atoms with van der Waals surface area (Å²) in [5.41, 5.74) is 4.24. The van der Waals surface area contributed by atoms with E-state index in [9.17, 15) is 14.7 Å². The standard InChI is InChI=1S/C30H28N4O3/c1-33-17-20(11-13-28(33)36)25-12-10-19(16-31-25)14-21-15-24-29(23-7-3-2-6-22(21)23)32-18-34(30(24)37)26-8-4-5-9-27(26)35/h2-3,6-7,10-13,15-18,26-27,35H,4-5,8-9,14H2,1H3/t26-,27-/m0/s1. The molecular formula is C30H28N4O3. The number of nitrogens with zero attached hydrogens (tertiary/aromatic N) is 4. The van der Waals surface area contributed by atoms with Crippen LogP contribution >= 0.6 is 0 Å². The van der Waals surface area contributed by atoms with Crippen LogP contribution in [-0.4, -0.2) is 30.3 Å². The first-order valence-corrected chi connectivity index (χ1v) is 12.7. The number of aliphatic hydroxyl groups is 1. The van der Waals surface area contributed by atoms with Gasteiger partial charge in [-0.1, -0.05) is 43.2 Å². The first kappa shape index (κ1) is 23.3. The zero-order valence-corrected chi connectivity index (χ0v) is 20.7. The molecule has 1 N–H and O–H groups in total. The molecule has 6 rings (SSSR count). The van der Waals surface area contributed by atoms with Gasteiger partial charge in [-0.25, -0.2) is 4.98 Å². The van der Waals surface area contributed by atoms with Gasteiger partial charge in [-0.15, -0.1) is 0 Å². The average molecular weight is 493 g/mol. The van der Waals surface area contributed by atoms with Gasteiger partial charge in [0.25, 0.3) is 5.56 Å². The van der Waals surface area contributed by atoms with Gasteiger partial charge in [0, 0.05) is 36.5 Å². The maximum Gasteiger partial charge on any atom is 0.261 e. The fraction of sp³-hybridized carbons (Fsp3) is 0.267. The number of benzene rings is 2. The molecule has 0 aliphatic heterocycles. The van der Waals surface area contributed by atoms with Crippen molar-refractivity contribution in [3.63, 3.8) is 0 Å². The third kappa shape index (κ3) is 4.25. The van der Waals surface area contributed by atoms with Crippen LogP contribution in [0.3, 0.4) is 0 Å². The normalized spacial score (nSPS) is 17.9. The second-order valence-corrected chi connectivity index (χ2v) is 9.95. The fourth-order valence-electron chi connectivity index (χ4n) is 5.51. The molecule has 0 unspecified atom stereocenters. The number of aliphatic hydroxyl groups excluding tert-OH is 1. The summed E-state index contributed by atoms with van der Waals surface area (Å²) in [7, 11) is 1.73. The zero-order valence-electron chi connectivity index (χ0n) is 20.7. The number of aryl methyl sites for hydroxylation is 1. The summed E-state index contributed by atoms with van der Waals surface area (Å²) in [5, 5.41) is 13.1. The summed E-state index contributed by atoms with van der Waals surface area (Å²) >= 11 is 0. The number of aromatic nitrogens is 4. The highest BCUT2D eigenvalue weighted by atomic mass is 16.3. The maximum atomic E-state index is 13.6. The number of hydrogen-bond donors (Lipinski definition) is 1. The van der Waals surface area contributed by atoms with Crippen molar-refractivity contribution < 1.29 is 5.11 Å². The van der Waals surface area contributed by atoms with Crippen molar-refractivity contribution in [3.8, 4) is 11.3 Å². The lowest BCUT2D eigenvalue weighted by atomic mass is 9.92. The van der Waals surface area contributed by atoms with Crippen LogP contribution in [0.4, 0.5) is 0 Å². The molecule has 2 atom stereocenters. The molecule has 0 amide bonds. The Bertz CT molecular complexity index is 1740. The monoisotopic (exact) mass is 492 g/mol. The second-order valence-electron chi connectivity index (χ2n) is 9.95. The third-order valence-corrected chi connectivity index (χ3v) is 7.53. The summed E-state index contributed by atoms with van der Waals surface area (Å²) in [6.45, 7) is 0. The zero-order chi connectivity index (χ0) is 25.5. The number of hydrogen-bond acceptors (Lipinski definition) is 5. The second kappa shape index (κ2) is 9.41. The topological polar surface area (TPSA) is 90.0 Å². The van der Waals surface area contributed by atoms with Gasteiger partial charge in [0.15, 0.2) is 0 Å². The summed E-state index contributed by atoms with van der Waals surface area (Å²) < 4.78 is 3.17. The summed E-state index contributed by atoms with van der Waals surface area (Å²) in [5.74, 6) is 0. The van der Waals surface area contributed by atoms with Gasteiger partial charge in [-0.05, 0) is 54.0 Å². The molecule has 2 aromatic carbocycles. The van der Waals surface area contributed by atoms with Crippen LogP contribution in [0.5, 0.6) is 0 Å². The Morgan fingerprint density at radius 1 is 0.946 bits per heavy atom. The Morgan fingerprint density at radius 3 is 2.51 bits per heavy atom. The Balaban J connectivity index is 1.41. The predicted molar refractivity (Wildman–Crippen MR) is 145 cm³/mol. The van der Waals surface area contributed by atoms with E-state index in [-0.39, 0.29) is 17.2 Å². The van der Waals surface area contributed by atoms with Crippen molar-refractivity contribution >= 4 is 21.7 Å². The van der Waals surface area contributed by atoms with Crippen molar-refractivity contribution in [1.29, 1.82) is 0 Å². The molecule has 7 heteroatoms. The molecule has 1 saturated carbocycles. The van der Waals surface area contributed by atoms with Crippen molar-refractivity contribution in [2.75, 3.05) is 0 Å². The van der Waals surface area contributed by atoms with E-state index in [1.165, 1.54) is 0 Å². The summed E-state index contributed by atoms with van der Waals surface area (Å²) in [4.78, 5) is 34.7. The quantitative estimate of drug-likeness (QED) is 0.376. The maximum absolute atomic E-state index is 13.6. The highest BCUT2D eigenvalue weighted by Crippen LogP contribution is 2.30. The summed E-state index contributed by atoms with van der Waals surface area (Å²) in [6, 6.07) is 17.1. The van der Waals surface area contributed by atoms with Gasteiger partial charge < -0.3 is 9.67 Å². The van der Waals surface area contributed by atoms with Crippen LogP contribution in [0, 0.1) is 0 Å². The molecular weight excluding hydrogens is 464 g/mol. The molecule has 3 aromatic heterocycles. The molecule has 7 nitrogen and oxygen atoms in total. The molecule has 0 spiro atoms. The summed E-state index contributed by atoms with van der Waals surface area (Å²) in [6.07, 6.45) is 8.79. The van der Waals surface area contributed by atoms with Gasteiger partial charge in [0.05, 0.1) is 35.1 Å². The van der Waals surface area contributed by atoms with Crippen molar-refractivity contribution in [1.82, 2.24) is 19.1 Å². The minimum Gasteiger partial charge on any atom is -0.391 e. The minimum atomic E-state index is -0.526. The first-order chi connectivity index (χ1) is 18.0. The van der Waals surface area contributed by atoms with Crippen molar-refractivity contribution in [2.45, 2.75) is 44.2 Å². The molecule has 186 valence electrons. The number of pyridine rings is 2. The van der Waals surface area contributed by atoms with Gasteiger partial charge in [-0.2, -0.15) is 0 Å². The van der Waals surface area contributed by atoms with Gasteiger partial charge >= 0.3 is 0 Å². The van der Waals surface area contributed by atoms with Crippen LogP contribution in [-0.2, 0) is 13.5 Å². The van der Waals surface area contributed by atoms with Crippen LogP contribution in [0.25, 0.3) is 32.9 Å². The molecule has 0 saturated heterocycles. The van der Waals surface area contributed by atoms with Crippen LogP contribution in [0.2, 0.25) is 0 Å². The van der Waals surface area contributed by atoms with E-state index >= 15 is 0 Å². The fourth-order valence-corrected chi connectivity index (χ4v) is 5.51. The van der Waals surface area contributed by atoms with Crippen molar-refractivity contribution in [3.05, 3.63) is 105 Å². The van der Waals surface area contributed by atoms with Crippen LogP contribution < -0.4 is 11.1 Å². The lowest BCUT2D eigenvalue weighted by molar-refractivity contribution is 0.0735. The number of rotatable bonds is 4. The highest BCUT2D eigenvalue weighted by molar-refractivity contribution is 6.06. The van der Waals surface area contributed by atoms with E-state index in [0.717, 1.165) is 52.4 Å². The van der Waals surface area contributed by atoms with Gasteiger partial charge in [0.2, 0.25) is 5.56 Å². The largest absolute Gasteiger partial charge is 0.391 e. The Morgan fingerprint density at radius 2 is 1.76 bits per heavy atom. The van der Waals surface area contributed by atoms with E-state index < -0.39 is 6.10 Å². The molecule has 5 aromatic rings. The van der Waals surface area contributed by atoms with Crippen LogP contribution in [0.1, 0.15) is 42.9 Å². The van der Waals surface area contributed by atoms with E-state index in [4.69, 9.17) is 4.98 Å². The van der Waals surface area contributed by atoms with E-state index in [2.05, 4.69) is 11.1 Å². The molecule has 1 fully saturated rings. The predicted octanol–water partition coefficient (Wildman–Crippen LogP) is 4.38. The lowest BCUT2D eigenvalue weighted by Crippen LogP contribution is -2.34. The van der Waals surface area contributed by atoms with Crippen LogP contribution in [0.15, 0.2) is 82.9 Å². The first-order valence-electron chi connectivity index (χ1n) is 12.7. The van der Waals surface area contributed by atoms with Gasteiger partial charge in [0.1, 0.15) is 0 Å². The molecule has 37 heavy (non-hydrogen) atoms. The Kier molecular flexibility index (Phi) is 5.93. The average Bonchev–Trinajstić information content (AvgIpc) is 2.92. The Labute approximate surface area is 213 Å². The molecule has 1 aliphatic rings. The molecule has 0 bridgehead atoms. The van der Waals surface area contributed by atoms with Crippen molar-refractivity contribution in [2.24, 2.45) is 7.05 Å². The SMILES string of the molecule is Cn1cc(-c2ccc(Cc3cc4c(=O)n([C@H]5CCCC[C@@H]5O)cnc4c4ccccc34)cn2)ccc1=O. The lowest BCUT2D eigenvalue weighted by Gasteiger charge is -2.29. The van der Waals surface area contributed by atoms with E-state index in [1.807, 2.05) is 42.6 Å². The molecule has 0 radical (unpaired) electrons. The van der Waals surface area contributed by atoms with E-state index in [0.29, 0.717) is 23.7 Å². The Hall–Kier alpha value is -4.10. The smallest absolute Gasteiger partial charge is 0.261 e. The highest BCUT2D eigenvalue weighted by Gasteiger charge is 2.26. The molecule has 3 heterocycles. The third-order valence-electron chi connectivity index (χ3n) is 7.53. The van der Waals surface area contributed by atoms with Gasteiger partial charge in [-0.3, -0.25) is 19.1 Å². The number of fused-ring (bicyclic) bond motifs is 3. The minimum absolute atomic E-state index is 0.0601. The van der Waals surface area contributed by atoms with E-state index in [1.54, 1.807) is 40.8 Å². The molecule has 1 aliphatic carbocycles.